The molecule has 2 heteroatoms. The maximum absolute atomic E-state index is 2.54. The Hall–Kier alpha value is -3.75. The molecule has 0 amide bonds. The highest BCUT2D eigenvalue weighted by Crippen LogP contribution is 2.52. The summed E-state index contributed by atoms with van der Waals surface area (Å²) in [5.41, 5.74) is 17.5. The predicted octanol–water partition coefficient (Wildman–Crippen LogP) is 16.2. The van der Waals surface area contributed by atoms with Gasteiger partial charge in [-0.05, 0) is 152 Å². The number of hydrogen-bond acceptors (Lipinski definition) is 2. The van der Waals surface area contributed by atoms with E-state index in [-0.39, 0.29) is 0 Å². The molecule has 0 unspecified atom stereocenters. The van der Waals surface area contributed by atoms with Crippen molar-refractivity contribution in [2.75, 3.05) is 4.90 Å². The Bertz CT molecular complexity index is 1890. The maximum Gasteiger partial charge on any atom is 0.0601 e. The summed E-state index contributed by atoms with van der Waals surface area (Å²) in [6, 6.07) is 36.2. The Kier molecular flexibility index (Phi) is 14.0. The second kappa shape index (κ2) is 19.0. The molecule has 1 nitrogen and oxygen atoms in total. The Morgan fingerprint density at radius 1 is 0.396 bits per heavy atom. The fourth-order valence-electron chi connectivity index (χ4n) is 8.03. The van der Waals surface area contributed by atoms with Crippen molar-refractivity contribution in [1.82, 2.24) is 0 Å². The molecule has 53 heavy (non-hydrogen) atoms. The standard InChI is InChI=1S/C51H63NS/c1-7-10-13-16-19-40-26-39(6)27-43(31-40)45-34-46(44-32-41(20-17-14-11-8-2)30-42(33-44)21-18-15-12-9-3)36-47(35-45)52-48-24-22-37(4)28-50(48)53-51-29-38(5)23-25-49(51)52/h22-36H,7-21H2,1-6H3. The third kappa shape index (κ3) is 10.3. The van der Waals surface area contributed by atoms with Crippen LogP contribution in [-0.4, -0.2) is 0 Å². The first-order valence-corrected chi connectivity index (χ1v) is 21.7. The second-order valence-electron chi connectivity index (χ2n) is 15.8. The van der Waals surface area contributed by atoms with Gasteiger partial charge in [-0.2, -0.15) is 0 Å². The lowest BCUT2D eigenvalue weighted by Crippen LogP contribution is -2.15. The topological polar surface area (TPSA) is 3.24 Å². The van der Waals surface area contributed by atoms with Crippen LogP contribution in [0.1, 0.15) is 131 Å². The van der Waals surface area contributed by atoms with Crippen LogP contribution in [0.15, 0.2) is 101 Å². The van der Waals surface area contributed by atoms with Gasteiger partial charge in [0.1, 0.15) is 0 Å². The molecular formula is C51H63NS. The minimum atomic E-state index is 1.14. The third-order valence-corrected chi connectivity index (χ3v) is 12.0. The minimum Gasteiger partial charge on any atom is -0.308 e. The van der Waals surface area contributed by atoms with Gasteiger partial charge >= 0.3 is 0 Å². The highest BCUT2D eigenvalue weighted by Gasteiger charge is 2.26. The van der Waals surface area contributed by atoms with Gasteiger partial charge in [0.15, 0.2) is 0 Å². The Balaban J connectivity index is 1.51. The largest absolute Gasteiger partial charge is 0.308 e. The molecule has 0 radical (unpaired) electrons. The van der Waals surface area contributed by atoms with Gasteiger partial charge in [0.2, 0.25) is 0 Å². The number of benzene rings is 5. The van der Waals surface area contributed by atoms with E-state index in [4.69, 9.17) is 0 Å². The van der Waals surface area contributed by atoms with Crippen molar-refractivity contribution in [3.8, 4) is 22.3 Å². The first-order chi connectivity index (χ1) is 25.8. The van der Waals surface area contributed by atoms with Crippen LogP contribution >= 0.6 is 11.8 Å². The number of anilines is 3. The van der Waals surface area contributed by atoms with E-state index >= 15 is 0 Å². The van der Waals surface area contributed by atoms with Gasteiger partial charge in [-0.1, -0.05) is 144 Å². The molecule has 0 spiro atoms. The van der Waals surface area contributed by atoms with Gasteiger partial charge in [0, 0.05) is 15.5 Å². The lowest BCUT2D eigenvalue weighted by atomic mass is 9.91. The average Bonchev–Trinajstić information content (AvgIpc) is 3.15. The Morgan fingerprint density at radius 3 is 1.30 bits per heavy atom. The summed E-state index contributed by atoms with van der Waals surface area (Å²) in [5, 5.41) is 0. The monoisotopic (exact) mass is 721 g/mol. The van der Waals surface area contributed by atoms with Crippen molar-refractivity contribution in [2.45, 2.75) is 148 Å². The zero-order valence-electron chi connectivity index (χ0n) is 33.6. The molecule has 278 valence electrons. The van der Waals surface area contributed by atoms with Crippen LogP contribution in [0.3, 0.4) is 0 Å². The van der Waals surface area contributed by atoms with Crippen molar-refractivity contribution >= 4 is 28.8 Å². The first kappa shape index (κ1) is 39.0. The molecular weight excluding hydrogens is 659 g/mol. The highest BCUT2D eigenvalue weighted by atomic mass is 32.2. The summed E-state index contributed by atoms with van der Waals surface area (Å²) >= 11 is 1.91. The minimum absolute atomic E-state index is 1.14. The molecule has 5 aromatic carbocycles. The van der Waals surface area contributed by atoms with E-state index in [0.717, 1.165) is 19.3 Å². The fourth-order valence-corrected chi connectivity index (χ4v) is 9.29. The first-order valence-electron chi connectivity index (χ1n) is 20.9. The maximum atomic E-state index is 2.54. The smallest absolute Gasteiger partial charge is 0.0601 e. The molecule has 0 aromatic heterocycles. The lowest BCUT2D eigenvalue weighted by molar-refractivity contribution is 0.661. The second-order valence-corrected chi connectivity index (χ2v) is 16.9. The highest BCUT2D eigenvalue weighted by molar-refractivity contribution is 7.99. The normalized spacial score (nSPS) is 12.2. The van der Waals surface area contributed by atoms with Crippen LogP contribution in [0.5, 0.6) is 0 Å². The molecule has 0 atom stereocenters. The zero-order valence-corrected chi connectivity index (χ0v) is 34.4. The molecule has 0 N–H and O–H groups in total. The number of fused-ring (bicyclic) bond motifs is 2. The predicted molar refractivity (Wildman–Crippen MR) is 234 cm³/mol. The molecule has 1 aliphatic heterocycles. The van der Waals surface area contributed by atoms with Crippen molar-refractivity contribution < 1.29 is 0 Å². The van der Waals surface area contributed by atoms with E-state index in [1.54, 1.807) is 0 Å². The SMILES string of the molecule is CCCCCCc1cc(C)cc(-c2cc(-c3cc(CCCCCC)cc(CCCCCC)c3)cc(N3c4ccc(C)cc4Sc4cc(C)ccc43)c2)c1. The van der Waals surface area contributed by atoms with E-state index in [2.05, 4.69) is 137 Å². The van der Waals surface area contributed by atoms with Crippen LogP contribution in [-0.2, 0) is 19.3 Å². The molecule has 6 rings (SSSR count). The van der Waals surface area contributed by atoms with Crippen LogP contribution in [0.2, 0.25) is 0 Å². The number of rotatable bonds is 18. The Morgan fingerprint density at radius 2 is 0.830 bits per heavy atom. The third-order valence-electron chi connectivity index (χ3n) is 10.9. The van der Waals surface area contributed by atoms with Gasteiger partial charge in [-0.15, -0.1) is 0 Å². The summed E-state index contributed by atoms with van der Waals surface area (Å²) in [4.78, 5) is 5.18. The molecule has 1 aliphatic rings. The van der Waals surface area contributed by atoms with Gasteiger partial charge in [-0.25, -0.2) is 0 Å². The van der Waals surface area contributed by atoms with Crippen LogP contribution in [0.4, 0.5) is 17.1 Å². The van der Waals surface area contributed by atoms with Crippen LogP contribution < -0.4 is 4.90 Å². The number of hydrogen-bond donors (Lipinski definition) is 0. The van der Waals surface area contributed by atoms with E-state index < -0.39 is 0 Å². The molecule has 0 saturated heterocycles. The number of nitrogens with zero attached hydrogens (tertiary/aromatic N) is 1. The molecule has 1 heterocycles. The fraction of sp³-hybridized carbons (Fsp3) is 0.412. The van der Waals surface area contributed by atoms with E-state index in [0.29, 0.717) is 0 Å². The molecule has 0 aliphatic carbocycles. The summed E-state index contributed by atoms with van der Waals surface area (Å²) in [6.07, 6.45) is 19.0. The van der Waals surface area contributed by atoms with E-state index in [9.17, 15) is 0 Å². The van der Waals surface area contributed by atoms with Crippen molar-refractivity contribution in [3.05, 3.63) is 124 Å². The van der Waals surface area contributed by atoms with Gasteiger partial charge < -0.3 is 4.90 Å². The molecule has 0 bridgehead atoms. The van der Waals surface area contributed by atoms with E-state index in [1.165, 1.54) is 160 Å². The van der Waals surface area contributed by atoms with Crippen LogP contribution in [0.25, 0.3) is 22.3 Å². The zero-order chi connectivity index (χ0) is 37.2. The van der Waals surface area contributed by atoms with Crippen molar-refractivity contribution in [1.29, 1.82) is 0 Å². The van der Waals surface area contributed by atoms with Crippen molar-refractivity contribution in [2.24, 2.45) is 0 Å². The van der Waals surface area contributed by atoms with Gasteiger partial charge in [-0.3, -0.25) is 0 Å². The van der Waals surface area contributed by atoms with Crippen molar-refractivity contribution in [3.63, 3.8) is 0 Å². The molecule has 0 saturated carbocycles. The molecule has 0 fully saturated rings. The summed E-state index contributed by atoms with van der Waals surface area (Å²) in [6.45, 7) is 13.6. The number of aryl methyl sites for hydroxylation is 6. The van der Waals surface area contributed by atoms with Gasteiger partial charge in [0.25, 0.3) is 0 Å². The summed E-state index contributed by atoms with van der Waals surface area (Å²) < 4.78 is 0. The lowest BCUT2D eigenvalue weighted by Gasteiger charge is -2.34. The number of unbranched alkanes of at least 4 members (excludes halogenated alkanes) is 9. The Labute approximate surface area is 326 Å². The summed E-state index contributed by atoms with van der Waals surface area (Å²) in [5.74, 6) is 0. The molecule has 5 aromatic rings. The average molecular weight is 722 g/mol. The van der Waals surface area contributed by atoms with Gasteiger partial charge in [0.05, 0.1) is 11.4 Å². The quantitative estimate of drug-likeness (QED) is 0.0813. The summed E-state index contributed by atoms with van der Waals surface area (Å²) in [7, 11) is 0. The van der Waals surface area contributed by atoms with Crippen LogP contribution in [0, 0.1) is 20.8 Å². The van der Waals surface area contributed by atoms with E-state index in [1.807, 2.05) is 11.8 Å².